The molecule has 0 aliphatic rings. The highest BCUT2D eigenvalue weighted by Crippen LogP contribution is 1.95. The van der Waals surface area contributed by atoms with Crippen LogP contribution in [0.3, 0.4) is 0 Å². The Bertz CT molecular complexity index is 352. The summed E-state index contributed by atoms with van der Waals surface area (Å²) in [5, 5.41) is 0. The van der Waals surface area contributed by atoms with Gasteiger partial charge >= 0.3 is 0 Å². The highest BCUT2D eigenvalue weighted by molar-refractivity contribution is 5.86. The predicted octanol–water partition coefficient (Wildman–Crippen LogP) is -1.64. The highest BCUT2D eigenvalue weighted by Gasteiger charge is 2.07. The Morgan fingerprint density at radius 1 is 1.00 bits per heavy atom. The van der Waals surface area contributed by atoms with Gasteiger partial charge in [0.25, 0.3) is 0 Å². The molecule has 0 radical (unpaired) electrons. The maximum absolute atomic E-state index is 10.3. The lowest BCUT2D eigenvalue weighted by molar-refractivity contribution is -0.878. The summed E-state index contributed by atoms with van der Waals surface area (Å²) in [6.45, 7) is 15.7. The van der Waals surface area contributed by atoms with Crippen molar-refractivity contribution in [1.29, 1.82) is 0 Å². The Morgan fingerprint density at radius 2 is 1.32 bits per heavy atom. The molecule has 0 aromatic rings. The van der Waals surface area contributed by atoms with E-state index in [1.54, 1.807) is 14.1 Å². The molecule has 6 heteroatoms. The molecule has 0 saturated carbocycles. The lowest BCUT2D eigenvalue weighted by Crippen LogP contribution is -3.00. The second-order valence-corrected chi connectivity index (χ2v) is 4.92. The van der Waals surface area contributed by atoms with Crippen molar-refractivity contribution in [2.75, 3.05) is 41.3 Å². The number of rotatable bonds is 6. The predicted molar refractivity (Wildman–Crippen MR) is 90.5 cm³/mol. The number of likely N-dealkylation sites (N-methyl/N-ethyl adjacent to an activating group) is 2. The Hall–Kier alpha value is -1.85. The van der Waals surface area contributed by atoms with Crippen LogP contribution in [0.25, 0.3) is 0 Å². The molecule has 0 aromatic carbocycles. The highest BCUT2D eigenvalue weighted by atomic mass is 35.5. The van der Waals surface area contributed by atoms with Gasteiger partial charge in [0.1, 0.15) is 0 Å². The van der Waals surface area contributed by atoms with Crippen molar-refractivity contribution in [2.45, 2.75) is 0 Å². The average molecular weight is 332 g/mol. The number of carbonyl (C=O) groups is 2. The number of nitrogens with two attached hydrogens (primary N) is 1. The van der Waals surface area contributed by atoms with Gasteiger partial charge in [-0.2, -0.15) is 0 Å². The minimum Gasteiger partial charge on any atom is -1.00 e. The molecule has 0 bridgehead atoms. The van der Waals surface area contributed by atoms with Gasteiger partial charge in [0, 0.05) is 14.1 Å². The van der Waals surface area contributed by atoms with E-state index in [0.29, 0.717) is 0 Å². The molecular formula is C16H30ClN3O2. The molecule has 2 N–H and O–H groups in total. The SMILES string of the molecule is C=CC(=O)N(C)C.C=CC(N)=O.C=CC[N+](C)(C)CC=C.[Cl-]. The van der Waals surface area contributed by atoms with Gasteiger partial charge in [-0.1, -0.05) is 26.3 Å². The fourth-order valence-electron chi connectivity index (χ4n) is 0.956. The average Bonchev–Trinajstić information content (AvgIpc) is 2.38. The van der Waals surface area contributed by atoms with E-state index in [2.05, 4.69) is 46.1 Å². The number of hydrogen-bond donors (Lipinski definition) is 1. The number of primary amides is 1. The molecule has 2 amide bonds. The minimum atomic E-state index is -0.481. The summed E-state index contributed by atoms with van der Waals surface area (Å²) in [6, 6.07) is 0. The molecule has 0 rings (SSSR count). The number of nitrogens with zero attached hydrogens (tertiary/aromatic N) is 2. The van der Waals surface area contributed by atoms with Crippen LogP contribution in [0.5, 0.6) is 0 Å². The molecule has 0 spiro atoms. The minimum absolute atomic E-state index is 0. The Morgan fingerprint density at radius 3 is 1.41 bits per heavy atom. The molecular weight excluding hydrogens is 302 g/mol. The zero-order valence-electron chi connectivity index (χ0n) is 14.2. The van der Waals surface area contributed by atoms with E-state index in [-0.39, 0.29) is 18.3 Å². The van der Waals surface area contributed by atoms with Crippen LogP contribution < -0.4 is 18.1 Å². The fraction of sp³-hybridized carbons (Fsp3) is 0.375. The van der Waals surface area contributed by atoms with Crippen molar-refractivity contribution in [3.8, 4) is 0 Å². The van der Waals surface area contributed by atoms with Crippen molar-refractivity contribution < 1.29 is 26.5 Å². The zero-order chi connectivity index (χ0) is 17.5. The molecule has 0 fully saturated rings. The lowest BCUT2D eigenvalue weighted by atomic mass is 10.4. The third kappa shape index (κ3) is 26.7. The van der Waals surface area contributed by atoms with Crippen LogP contribution in [-0.2, 0) is 9.59 Å². The molecule has 0 saturated heterocycles. The van der Waals surface area contributed by atoms with Crippen molar-refractivity contribution in [3.63, 3.8) is 0 Å². The van der Waals surface area contributed by atoms with Crippen LogP contribution in [0, 0.1) is 0 Å². The van der Waals surface area contributed by atoms with E-state index >= 15 is 0 Å². The molecule has 5 nitrogen and oxygen atoms in total. The van der Waals surface area contributed by atoms with Crippen molar-refractivity contribution in [3.05, 3.63) is 50.6 Å². The molecule has 0 aliphatic carbocycles. The van der Waals surface area contributed by atoms with Crippen molar-refractivity contribution in [2.24, 2.45) is 5.73 Å². The quantitative estimate of drug-likeness (QED) is 0.360. The van der Waals surface area contributed by atoms with Gasteiger partial charge in [0.15, 0.2) is 0 Å². The second-order valence-electron chi connectivity index (χ2n) is 4.92. The summed E-state index contributed by atoms with van der Waals surface area (Å²) >= 11 is 0. The first-order valence-corrected chi connectivity index (χ1v) is 6.37. The fourth-order valence-corrected chi connectivity index (χ4v) is 0.956. The first kappa shape index (κ1) is 28.3. The Labute approximate surface area is 141 Å². The summed E-state index contributed by atoms with van der Waals surface area (Å²) in [5.74, 6) is -0.537. The number of carbonyl (C=O) groups excluding carboxylic acids is 2. The van der Waals surface area contributed by atoms with Gasteiger partial charge in [0.2, 0.25) is 11.8 Å². The molecule has 0 heterocycles. The van der Waals surface area contributed by atoms with Crippen LogP contribution in [-0.4, -0.2) is 62.5 Å². The van der Waals surface area contributed by atoms with Gasteiger partial charge in [-0.05, 0) is 24.3 Å². The van der Waals surface area contributed by atoms with Gasteiger partial charge in [-0.25, -0.2) is 0 Å². The van der Waals surface area contributed by atoms with Gasteiger partial charge < -0.3 is 27.5 Å². The summed E-state index contributed by atoms with van der Waals surface area (Å²) in [4.78, 5) is 21.3. The number of quaternary nitrogens is 1. The van der Waals surface area contributed by atoms with Gasteiger partial charge in [0.05, 0.1) is 27.2 Å². The largest absolute Gasteiger partial charge is 1.00 e. The number of hydrogen-bond acceptors (Lipinski definition) is 2. The molecule has 22 heavy (non-hydrogen) atoms. The van der Waals surface area contributed by atoms with E-state index < -0.39 is 5.91 Å². The molecule has 0 unspecified atom stereocenters. The van der Waals surface area contributed by atoms with E-state index in [4.69, 9.17) is 0 Å². The van der Waals surface area contributed by atoms with E-state index in [1.807, 2.05) is 12.2 Å². The molecule has 0 aliphatic heterocycles. The third-order valence-electron chi connectivity index (χ3n) is 2.06. The van der Waals surface area contributed by atoms with Gasteiger partial charge in [-0.3, -0.25) is 9.59 Å². The molecule has 0 atom stereocenters. The van der Waals surface area contributed by atoms with E-state index in [0.717, 1.165) is 23.6 Å². The lowest BCUT2D eigenvalue weighted by Gasteiger charge is -2.26. The van der Waals surface area contributed by atoms with E-state index in [9.17, 15) is 9.59 Å². The smallest absolute Gasteiger partial charge is 0.245 e. The number of halogens is 1. The summed E-state index contributed by atoms with van der Waals surface area (Å²) in [7, 11) is 7.68. The first-order valence-electron chi connectivity index (χ1n) is 6.37. The normalized spacial score (nSPS) is 8.36. The zero-order valence-corrected chi connectivity index (χ0v) is 15.0. The topological polar surface area (TPSA) is 63.4 Å². The molecule has 0 aromatic heterocycles. The maximum Gasteiger partial charge on any atom is 0.245 e. The Balaban J connectivity index is -0.000000113. The standard InChI is InChI=1S/C8H16N.C5H9NO.C3H5NO.ClH/c1-5-7-9(3,4)8-6-2;1-4-5(7)6(2)3;1-2-3(4)5;/h5-6H,1-2,7-8H2,3-4H3;4H,1H2,2-3H3;2H,1H2,(H2,4,5);1H/q+1;;;/p-1. The van der Waals surface area contributed by atoms with E-state index in [1.165, 1.54) is 11.0 Å². The van der Waals surface area contributed by atoms with Crippen LogP contribution in [0.15, 0.2) is 50.6 Å². The summed E-state index contributed by atoms with van der Waals surface area (Å²) < 4.78 is 0.951. The van der Waals surface area contributed by atoms with Gasteiger partial charge in [-0.15, -0.1) is 0 Å². The summed E-state index contributed by atoms with van der Waals surface area (Å²) in [6.07, 6.45) is 6.20. The number of amides is 2. The molecule has 128 valence electrons. The van der Waals surface area contributed by atoms with Crippen LogP contribution in [0.1, 0.15) is 0 Å². The van der Waals surface area contributed by atoms with Crippen molar-refractivity contribution in [1.82, 2.24) is 4.90 Å². The van der Waals surface area contributed by atoms with Crippen LogP contribution in [0.4, 0.5) is 0 Å². The maximum atomic E-state index is 10.3. The Kier molecular flexibility index (Phi) is 22.2. The summed E-state index contributed by atoms with van der Waals surface area (Å²) in [5.41, 5.74) is 4.53. The first-order chi connectivity index (χ1) is 9.57. The van der Waals surface area contributed by atoms with Crippen LogP contribution >= 0.6 is 0 Å². The van der Waals surface area contributed by atoms with Crippen LogP contribution in [0.2, 0.25) is 0 Å². The third-order valence-corrected chi connectivity index (χ3v) is 2.06. The monoisotopic (exact) mass is 331 g/mol. The second kappa shape index (κ2) is 17.2. The van der Waals surface area contributed by atoms with Crippen molar-refractivity contribution >= 4 is 11.8 Å².